The van der Waals surface area contributed by atoms with Crippen LogP contribution in [-0.2, 0) is 4.79 Å². The Morgan fingerprint density at radius 3 is 3.12 bits per heavy atom. The number of hydrazine groups is 1. The van der Waals surface area contributed by atoms with Gasteiger partial charge in [-0.2, -0.15) is 0 Å². The van der Waals surface area contributed by atoms with Gasteiger partial charge in [-0.05, 0) is 18.6 Å². The summed E-state index contributed by atoms with van der Waals surface area (Å²) >= 11 is 0. The van der Waals surface area contributed by atoms with E-state index >= 15 is 0 Å². The van der Waals surface area contributed by atoms with E-state index in [0.717, 1.165) is 19.5 Å². The third kappa shape index (κ3) is 3.69. The van der Waals surface area contributed by atoms with E-state index in [1.165, 1.54) is 0 Å². The van der Waals surface area contributed by atoms with Crippen molar-refractivity contribution in [1.82, 2.24) is 15.3 Å². The zero-order valence-electron chi connectivity index (χ0n) is 9.60. The van der Waals surface area contributed by atoms with Crippen molar-refractivity contribution in [2.45, 2.75) is 12.5 Å². The first-order chi connectivity index (χ1) is 8.24. The fourth-order valence-electron chi connectivity index (χ4n) is 1.82. The molecule has 0 radical (unpaired) electrons. The Kier molecular flexibility index (Phi) is 3.89. The highest BCUT2D eigenvalue weighted by molar-refractivity contribution is 5.79. The molecule has 0 spiro atoms. The second-order valence-corrected chi connectivity index (χ2v) is 4.17. The van der Waals surface area contributed by atoms with E-state index in [1.54, 1.807) is 12.3 Å². The van der Waals surface area contributed by atoms with Gasteiger partial charge in [0.15, 0.2) is 0 Å². The number of anilines is 1. The topological polar surface area (TPSA) is 83.3 Å². The SMILES string of the molecule is N[C@H]1CCN(CC(=O)NNc2ccccn2)C1. The van der Waals surface area contributed by atoms with E-state index in [9.17, 15) is 4.79 Å². The molecule has 1 aliphatic heterocycles. The average Bonchev–Trinajstić information content (AvgIpc) is 2.73. The maximum atomic E-state index is 11.6. The number of hydrogen-bond donors (Lipinski definition) is 3. The highest BCUT2D eigenvalue weighted by Gasteiger charge is 2.20. The van der Waals surface area contributed by atoms with E-state index in [4.69, 9.17) is 5.73 Å². The molecule has 1 aromatic heterocycles. The Morgan fingerprint density at radius 1 is 1.59 bits per heavy atom. The molecule has 2 rings (SSSR count). The maximum Gasteiger partial charge on any atom is 0.252 e. The number of pyridine rings is 1. The van der Waals surface area contributed by atoms with Gasteiger partial charge in [0.1, 0.15) is 5.82 Å². The minimum atomic E-state index is -0.0789. The van der Waals surface area contributed by atoms with Crippen LogP contribution in [0.3, 0.4) is 0 Å². The number of nitrogens with one attached hydrogen (secondary N) is 2. The number of likely N-dealkylation sites (tertiary alicyclic amines) is 1. The number of aromatic nitrogens is 1. The smallest absolute Gasteiger partial charge is 0.252 e. The minimum Gasteiger partial charge on any atom is -0.326 e. The first-order valence-corrected chi connectivity index (χ1v) is 5.68. The van der Waals surface area contributed by atoms with E-state index in [2.05, 4.69) is 15.8 Å². The Labute approximate surface area is 100 Å². The number of hydrogen-bond acceptors (Lipinski definition) is 5. The molecular weight excluding hydrogens is 218 g/mol. The number of carbonyl (C=O) groups excluding carboxylic acids is 1. The predicted octanol–water partition coefficient (Wildman–Crippen LogP) is -0.442. The van der Waals surface area contributed by atoms with Gasteiger partial charge in [-0.3, -0.25) is 20.5 Å². The summed E-state index contributed by atoms with van der Waals surface area (Å²) in [7, 11) is 0. The molecule has 1 aromatic rings. The van der Waals surface area contributed by atoms with Crippen LogP contribution in [0.5, 0.6) is 0 Å². The van der Waals surface area contributed by atoms with Gasteiger partial charge < -0.3 is 5.73 Å². The third-order valence-corrected chi connectivity index (χ3v) is 2.67. The molecule has 92 valence electrons. The van der Waals surface area contributed by atoms with Crippen LogP contribution in [0.15, 0.2) is 24.4 Å². The Bertz CT molecular complexity index is 369. The summed E-state index contributed by atoms with van der Waals surface area (Å²) in [5.74, 6) is 0.545. The molecule has 0 unspecified atom stereocenters. The van der Waals surface area contributed by atoms with Gasteiger partial charge in [-0.1, -0.05) is 6.07 Å². The van der Waals surface area contributed by atoms with Crippen LogP contribution in [0.2, 0.25) is 0 Å². The van der Waals surface area contributed by atoms with Crippen molar-refractivity contribution in [3.8, 4) is 0 Å². The van der Waals surface area contributed by atoms with Crippen LogP contribution in [-0.4, -0.2) is 41.5 Å². The molecular formula is C11H17N5O. The normalized spacial score (nSPS) is 20.2. The fraction of sp³-hybridized carbons (Fsp3) is 0.455. The van der Waals surface area contributed by atoms with Crippen molar-refractivity contribution in [3.05, 3.63) is 24.4 Å². The van der Waals surface area contributed by atoms with Gasteiger partial charge in [0.25, 0.3) is 5.91 Å². The first-order valence-electron chi connectivity index (χ1n) is 5.68. The lowest BCUT2D eigenvalue weighted by molar-refractivity contribution is -0.121. The molecule has 0 saturated carbocycles. The fourth-order valence-corrected chi connectivity index (χ4v) is 1.82. The standard InChI is InChI=1S/C11H17N5O/c12-9-4-6-16(7-9)8-11(17)15-14-10-3-1-2-5-13-10/h1-3,5,9H,4,6-8,12H2,(H,13,14)(H,15,17)/t9-/m0/s1. The summed E-state index contributed by atoms with van der Waals surface area (Å²) in [6.07, 6.45) is 2.62. The number of rotatable bonds is 4. The summed E-state index contributed by atoms with van der Waals surface area (Å²) < 4.78 is 0. The molecule has 0 aliphatic carbocycles. The van der Waals surface area contributed by atoms with Crippen molar-refractivity contribution in [3.63, 3.8) is 0 Å². The van der Waals surface area contributed by atoms with Gasteiger partial charge >= 0.3 is 0 Å². The van der Waals surface area contributed by atoms with Gasteiger partial charge in [0.2, 0.25) is 0 Å². The minimum absolute atomic E-state index is 0.0789. The van der Waals surface area contributed by atoms with Crippen LogP contribution < -0.4 is 16.6 Å². The lowest BCUT2D eigenvalue weighted by atomic mass is 10.3. The molecule has 1 aliphatic rings. The zero-order valence-corrected chi connectivity index (χ0v) is 9.60. The molecule has 1 saturated heterocycles. The van der Waals surface area contributed by atoms with Gasteiger partial charge in [0, 0.05) is 25.3 Å². The highest BCUT2D eigenvalue weighted by atomic mass is 16.2. The molecule has 4 N–H and O–H groups in total. The highest BCUT2D eigenvalue weighted by Crippen LogP contribution is 2.05. The van der Waals surface area contributed by atoms with E-state index in [0.29, 0.717) is 12.4 Å². The molecule has 1 fully saturated rings. The molecule has 6 nitrogen and oxygen atoms in total. The van der Waals surface area contributed by atoms with Crippen molar-refractivity contribution in [1.29, 1.82) is 0 Å². The maximum absolute atomic E-state index is 11.6. The first kappa shape index (κ1) is 11.8. The molecule has 1 atom stereocenters. The Balaban J connectivity index is 1.71. The second-order valence-electron chi connectivity index (χ2n) is 4.17. The largest absolute Gasteiger partial charge is 0.326 e. The van der Waals surface area contributed by atoms with Crippen molar-refractivity contribution >= 4 is 11.7 Å². The quantitative estimate of drug-likeness (QED) is 0.616. The Hall–Kier alpha value is -1.66. The lowest BCUT2D eigenvalue weighted by Crippen LogP contribution is -2.39. The van der Waals surface area contributed by atoms with Gasteiger partial charge in [0.05, 0.1) is 6.54 Å². The summed E-state index contributed by atoms with van der Waals surface area (Å²) in [6.45, 7) is 2.04. The number of carbonyl (C=O) groups is 1. The van der Waals surface area contributed by atoms with Crippen LogP contribution in [0.25, 0.3) is 0 Å². The molecule has 1 amide bonds. The van der Waals surface area contributed by atoms with E-state index in [1.807, 2.05) is 17.0 Å². The number of nitrogens with zero attached hydrogens (tertiary/aromatic N) is 2. The number of amides is 1. The summed E-state index contributed by atoms with van der Waals surface area (Å²) in [6, 6.07) is 5.65. The molecule has 6 heteroatoms. The van der Waals surface area contributed by atoms with Crippen molar-refractivity contribution in [2.24, 2.45) is 5.73 Å². The zero-order chi connectivity index (χ0) is 12.1. The van der Waals surface area contributed by atoms with Crippen molar-refractivity contribution < 1.29 is 4.79 Å². The molecule has 2 heterocycles. The second kappa shape index (κ2) is 5.60. The third-order valence-electron chi connectivity index (χ3n) is 2.67. The van der Waals surface area contributed by atoms with Crippen molar-refractivity contribution in [2.75, 3.05) is 25.1 Å². The summed E-state index contributed by atoms with van der Waals surface area (Å²) in [5, 5.41) is 0. The number of nitrogens with two attached hydrogens (primary N) is 1. The summed E-state index contributed by atoms with van der Waals surface area (Å²) in [5.41, 5.74) is 11.1. The van der Waals surface area contributed by atoms with E-state index in [-0.39, 0.29) is 11.9 Å². The molecule has 17 heavy (non-hydrogen) atoms. The van der Waals surface area contributed by atoms with E-state index < -0.39 is 0 Å². The molecule has 0 bridgehead atoms. The van der Waals surface area contributed by atoms with Crippen LogP contribution in [0, 0.1) is 0 Å². The lowest BCUT2D eigenvalue weighted by Gasteiger charge is -2.15. The van der Waals surface area contributed by atoms with Gasteiger partial charge in [-0.15, -0.1) is 0 Å². The van der Waals surface area contributed by atoms with Crippen LogP contribution in [0.4, 0.5) is 5.82 Å². The predicted molar refractivity (Wildman–Crippen MR) is 65.0 cm³/mol. The monoisotopic (exact) mass is 235 g/mol. The van der Waals surface area contributed by atoms with Crippen LogP contribution in [0.1, 0.15) is 6.42 Å². The average molecular weight is 235 g/mol. The van der Waals surface area contributed by atoms with Crippen LogP contribution >= 0.6 is 0 Å². The Morgan fingerprint density at radius 2 is 2.47 bits per heavy atom. The van der Waals surface area contributed by atoms with Gasteiger partial charge in [-0.25, -0.2) is 4.98 Å². The summed E-state index contributed by atoms with van der Waals surface area (Å²) in [4.78, 5) is 17.7. The molecule has 0 aromatic carbocycles.